The average Bonchev–Trinajstić information content (AvgIpc) is 2.48. The first-order valence-corrected chi connectivity index (χ1v) is 8.22. The van der Waals surface area contributed by atoms with Gasteiger partial charge in [-0.15, -0.1) is 11.8 Å². The van der Waals surface area contributed by atoms with Crippen LogP contribution in [0.5, 0.6) is 0 Å². The van der Waals surface area contributed by atoms with Crippen molar-refractivity contribution in [2.45, 2.75) is 38.0 Å². The maximum Gasteiger partial charge on any atom is 0.232 e. The summed E-state index contributed by atoms with van der Waals surface area (Å²) in [7, 11) is 0. The Bertz CT molecular complexity index is 492. The lowest BCUT2D eigenvalue weighted by atomic mass is 10.0. The zero-order valence-corrected chi connectivity index (χ0v) is 12.7. The molecule has 1 aromatic carbocycles. The van der Waals surface area contributed by atoms with Crippen molar-refractivity contribution in [1.29, 1.82) is 5.26 Å². The van der Waals surface area contributed by atoms with Gasteiger partial charge in [0.05, 0.1) is 17.4 Å². The summed E-state index contributed by atoms with van der Waals surface area (Å²) in [6, 6.07) is 10.1. The highest BCUT2D eigenvalue weighted by Crippen LogP contribution is 2.19. The van der Waals surface area contributed by atoms with Crippen LogP contribution in [0.25, 0.3) is 0 Å². The quantitative estimate of drug-likeness (QED) is 0.854. The molecule has 1 atom stereocenters. The van der Waals surface area contributed by atoms with E-state index < -0.39 is 0 Å². The number of hydrogen-bond acceptors (Lipinski definition) is 3. The second kappa shape index (κ2) is 7.35. The molecule has 1 fully saturated rings. The molecule has 1 amide bonds. The minimum atomic E-state index is 0.260. The molecule has 3 nitrogen and oxygen atoms in total. The molecule has 1 saturated heterocycles. The van der Waals surface area contributed by atoms with Crippen molar-refractivity contribution in [2.24, 2.45) is 0 Å². The third-order valence-electron chi connectivity index (χ3n) is 3.70. The summed E-state index contributed by atoms with van der Waals surface area (Å²) in [5.74, 6) is 1.63. The van der Waals surface area contributed by atoms with E-state index in [4.69, 9.17) is 5.26 Å². The highest BCUT2D eigenvalue weighted by atomic mass is 32.2. The van der Waals surface area contributed by atoms with Crippen molar-refractivity contribution in [3.05, 3.63) is 35.4 Å². The molecule has 1 heterocycles. The van der Waals surface area contributed by atoms with Crippen molar-refractivity contribution in [3.63, 3.8) is 0 Å². The SMILES string of the molecule is CC1CCCCN1C(=O)CSCc1ccc(C#N)cc1. The maximum absolute atomic E-state index is 12.2. The number of hydrogen-bond donors (Lipinski definition) is 0. The molecule has 0 aliphatic carbocycles. The first-order valence-electron chi connectivity index (χ1n) is 7.07. The van der Waals surface area contributed by atoms with Crippen LogP contribution in [0.1, 0.15) is 37.3 Å². The van der Waals surface area contributed by atoms with Crippen LogP contribution in [-0.2, 0) is 10.5 Å². The predicted octanol–water partition coefficient (Wildman–Crippen LogP) is 3.19. The second-order valence-electron chi connectivity index (χ2n) is 5.23. The Labute approximate surface area is 125 Å². The van der Waals surface area contributed by atoms with E-state index in [0.717, 1.165) is 30.7 Å². The molecule has 0 bridgehead atoms. The number of thioether (sulfide) groups is 1. The fraction of sp³-hybridized carbons (Fsp3) is 0.500. The van der Waals surface area contributed by atoms with E-state index in [1.807, 2.05) is 29.2 Å². The van der Waals surface area contributed by atoms with Crippen LogP contribution < -0.4 is 0 Å². The van der Waals surface area contributed by atoms with Gasteiger partial charge in [-0.1, -0.05) is 12.1 Å². The largest absolute Gasteiger partial charge is 0.339 e. The van der Waals surface area contributed by atoms with Crippen molar-refractivity contribution in [3.8, 4) is 6.07 Å². The van der Waals surface area contributed by atoms with Crippen LogP contribution in [0.15, 0.2) is 24.3 Å². The summed E-state index contributed by atoms with van der Waals surface area (Å²) >= 11 is 1.65. The Morgan fingerprint density at radius 1 is 1.40 bits per heavy atom. The van der Waals surface area contributed by atoms with E-state index in [0.29, 0.717) is 17.4 Å². The van der Waals surface area contributed by atoms with Crippen molar-refractivity contribution in [2.75, 3.05) is 12.3 Å². The number of nitrogens with zero attached hydrogens (tertiary/aromatic N) is 2. The van der Waals surface area contributed by atoms with E-state index in [-0.39, 0.29) is 5.91 Å². The van der Waals surface area contributed by atoms with Gasteiger partial charge in [-0.25, -0.2) is 0 Å². The van der Waals surface area contributed by atoms with Gasteiger partial charge in [0.15, 0.2) is 0 Å². The van der Waals surface area contributed by atoms with Gasteiger partial charge < -0.3 is 4.90 Å². The molecule has 0 radical (unpaired) electrons. The van der Waals surface area contributed by atoms with Gasteiger partial charge in [0.25, 0.3) is 0 Å². The number of likely N-dealkylation sites (tertiary alicyclic amines) is 1. The summed E-state index contributed by atoms with van der Waals surface area (Å²) in [5.41, 5.74) is 1.84. The van der Waals surface area contributed by atoms with Gasteiger partial charge in [0.1, 0.15) is 0 Å². The van der Waals surface area contributed by atoms with Gasteiger partial charge >= 0.3 is 0 Å². The molecular weight excluding hydrogens is 268 g/mol. The Morgan fingerprint density at radius 3 is 2.80 bits per heavy atom. The zero-order valence-electron chi connectivity index (χ0n) is 11.8. The van der Waals surface area contributed by atoms with Crippen molar-refractivity contribution >= 4 is 17.7 Å². The first kappa shape index (κ1) is 14.9. The van der Waals surface area contributed by atoms with Crippen LogP contribution >= 0.6 is 11.8 Å². The van der Waals surface area contributed by atoms with Crippen LogP contribution in [0.2, 0.25) is 0 Å². The first-order chi connectivity index (χ1) is 9.70. The maximum atomic E-state index is 12.2. The number of carbonyl (C=O) groups excluding carboxylic acids is 1. The van der Waals surface area contributed by atoms with Gasteiger partial charge in [0.2, 0.25) is 5.91 Å². The number of nitriles is 1. The fourth-order valence-electron chi connectivity index (χ4n) is 2.48. The third kappa shape index (κ3) is 4.01. The molecule has 1 aliphatic rings. The Kier molecular flexibility index (Phi) is 5.49. The highest BCUT2D eigenvalue weighted by Gasteiger charge is 2.22. The van der Waals surface area contributed by atoms with Crippen LogP contribution in [-0.4, -0.2) is 29.1 Å². The zero-order chi connectivity index (χ0) is 14.4. The molecule has 2 rings (SSSR count). The van der Waals surface area contributed by atoms with Gasteiger partial charge in [-0.3, -0.25) is 4.79 Å². The van der Waals surface area contributed by atoms with E-state index >= 15 is 0 Å². The standard InChI is InChI=1S/C16H20N2OS/c1-13-4-2-3-9-18(13)16(19)12-20-11-15-7-5-14(10-17)6-8-15/h5-8,13H,2-4,9,11-12H2,1H3. The van der Waals surface area contributed by atoms with Crippen molar-refractivity contribution < 1.29 is 4.79 Å². The lowest BCUT2D eigenvalue weighted by Crippen LogP contribution is -2.42. The summed E-state index contributed by atoms with van der Waals surface area (Å²) in [4.78, 5) is 14.2. The second-order valence-corrected chi connectivity index (χ2v) is 6.22. The summed E-state index contributed by atoms with van der Waals surface area (Å²) < 4.78 is 0. The molecule has 1 unspecified atom stereocenters. The summed E-state index contributed by atoms with van der Waals surface area (Å²) in [6.07, 6.45) is 3.51. The molecular formula is C16H20N2OS. The molecule has 4 heteroatoms. The van der Waals surface area contributed by atoms with E-state index in [9.17, 15) is 4.79 Å². The Hall–Kier alpha value is -1.47. The smallest absolute Gasteiger partial charge is 0.232 e. The van der Waals surface area contributed by atoms with E-state index in [1.54, 1.807) is 11.8 Å². The van der Waals surface area contributed by atoms with Crippen LogP contribution in [0, 0.1) is 11.3 Å². The van der Waals surface area contributed by atoms with Crippen LogP contribution in [0.4, 0.5) is 0 Å². The highest BCUT2D eigenvalue weighted by molar-refractivity contribution is 7.99. The summed E-state index contributed by atoms with van der Waals surface area (Å²) in [6.45, 7) is 3.06. The van der Waals surface area contributed by atoms with Gasteiger partial charge in [-0.2, -0.15) is 5.26 Å². The Balaban J connectivity index is 1.77. The van der Waals surface area contributed by atoms with E-state index in [2.05, 4.69) is 13.0 Å². The average molecular weight is 288 g/mol. The Morgan fingerprint density at radius 2 is 2.15 bits per heavy atom. The van der Waals surface area contributed by atoms with E-state index in [1.165, 1.54) is 6.42 Å². The predicted molar refractivity (Wildman–Crippen MR) is 82.3 cm³/mol. The normalized spacial score (nSPS) is 18.6. The molecule has 0 N–H and O–H groups in total. The lowest BCUT2D eigenvalue weighted by molar-refractivity contribution is -0.131. The van der Waals surface area contributed by atoms with Gasteiger partial charge in [0, 0.05) is 18.3 Å². The fourth-order valence-corrected chi connectivity index (χ4v) is 3.35. The molecule has 0 spiro atoms. The van der Waals surface area contributed by atoms with Gasteiger partial charge in [-0.05, 0) is 43.9 Å². The van der Waals surface area contributed by atoms with Crippen LogP contribution in [0.3, 0.4) is 0 Å². The molecule has 1 aromatic rings. The number of benzene rings is 1. The number of rotatable bonds is 4. The third-order valence-corrected chi connectivity index (χ3v) is 4.69. The number of amides is 1. The minimum Gasteiger partial charge on any atom is -0.339 e. The molecule has 20 heavy (non-hydrogen) atoms. The number of piperidine rings is 1. The number of carbonyl (C=O) groups is 1. The minimum absolute atomic E-state index is 0.260. The molecule has 106 valence electrons. The lowest BCUT2D eigenvalue weighted by Gasteiger charge is -2.33. The topological polar surface area (TPSA) is 44.1 Å². The molecule has 0 aromatic heterocycles. The van der Waals surface area contributed by atoms with Crippen molar-refractivity contribution in [1.82, 2.24) is 4.90 Å². The summed E-state index contributed by atoms with van der Waals surface area (Å²) in [5, 5.41) is 8.74. The monoisotopic (exact) mass is 288 g/mol. The molecule has 1 aliphatic heterocycles. The molecule has 0 saturated carbocycles.